The smallest absolute Gasteiger partial charge is 0.164 e. The van der Waals surface area contributed by atoms with Gasteiger partial charge in [-0.3, -0.25) is 0 Å². The van der Waals surface area contributed by atoms with E-state index in [0.29, 0.717) is 0 Å². The summed E-state index contributed by atoms with van der Waals surface area (Å²) < 4.78 is 2.13. The Labute approximate surface area is 55.7 Å². The fourth-order valence-corrected chi connectivity index (χ4v) is 0.792. The normalized spacial score (nSPS) is 17.8. The Kier molecular flexibility index (Phi) is 1.69. The molecule has 0 bridgehead atoms. The summed E-state index contributed by atoms with van der Waals surface area (Å²) >= 11 is 0. The topological polar surface area (TPSA) is 3.01 Å². The Bertz CT molecular complexity index is 203. The fourth-order valence-electron chi connectivity index (χ4n) is 0.792. The van der Waals surface area contributed by atoms with E-state index in [9.17, 15) is 0 Å². The lowest BCUT2D eigenvalue weighted by molar-refractivity contribution is -0.492. The zero-order valence-electron chi connectivity index (χ0n) is 5.59. The number of nitrogens with zero attached hydrogens (tertiary/aromatic N) is 1. The summed E-state index contributed by atoms with van der Waals surface area (Å²) in [6.45, 7) is 1.05. The lowest BCUT2D eigenvalue weighted by Gasteiger charge is -2.00. The van der Waals surface area contributed by atoms with Gasteiger partial charge in [0.25, 0.3) is 0 Å². The van der Waals surface area contributed by atoms with Gasteiger partial charge < -0.3 is 0 Å². The molecule has 1 aliphatic heterocycles. The molecular weight excluding hydrogens is 110 g/mol. The quantitative estimate of drug-likeness (QED) is 0.326. The average molecular weight is 120 g/mol. The van der Waals surface area contributed by atoms with Gasteiger partial charge in [0.15, 0.2) is 6.21 Å². The van der Waals surface area contributed by atoms with Crippen LogP contribution in [-0.2, 0) is 0 Å². The van der Waals surface area contributed by atoms with E-state index in [1.54, 1.807) is 0 Å². The number of hydrogen-bond acceptors (Lipinski definition) is 0. The van der Waals surface area contributed by atoms with Crippen LogP contribution in [-0.4, -0.2) is 24.4 Å². The summed E-state index contributed by atoms with van der Waals surface area (Å²) in [7, 11) is 2.05. The second-order valence-electron chi connectivity index (χ2n) is 2.22. The third-order valence-electron chi connectivity index (χ3n) is 1.45. The number of terminal acetylenes is 1. The monoisotopic (exact) mass is 120 g/mol. The molecule has 0 spiro atoms. The highest BCUT2D eigenvalue weighted by Crippen LogP contribution is 2.00. The summed E-state index contributed by atoms with van der Waals surface area (Å²) in [4.78, 5) is 0. The van der Waals surface area contributed by atoms with Gasteiger partial charge in [0, 0.05) is 18.1 Å². The Morgan fingerprint density at radius 3 is 3.00 bits per heavy atom. The molecule has 0 aromatic carbocycles. The van der Waals surface area contributed by atoms with Crippen molar-refractivity contribution in [3.05, 3.63) is 11.6 Å². The van der Waals surface area contributed by atoms with Crippen LogP contribution >= 0.6 is 0 Å². The second-order valence-corrected chi connectivity index (χ2v) is 2.22. The molecule has 0 aromatic heterocycles. The molecule has 0 unspecified atom stereocenters. The predicted molar refractivity (Wildman–Crippen MR) is 38.6 cm³/mol. The minimum absolute atomic E-state index is 1.02. The van der Waals surface area contributed by atoms with Gasteiger partial charge in [0.1, 0.15) is 13.6 Å². The second kappa shape index (κ2) is 2.50. The first-order chi connectivity index (χ1) is 4.33. The summed E-state index contributed by atoms with van der Waals surface area (Å²) in [6.07, 6.45) is 10.2. The summed E-state index contributed by atoms with van der Waals surface area (Å²) in [5, 5.41) is 0. The lowest BCUT2D eigenvalue weighted by Crippen LogP contribution is -2.12. The Hall–Kier alpha value is -1.03. The van der Waals surface area contributed by atoms with Crippen LogP contribution < -0.4 is 0 Å². The molecule has 9 heavy (non-hydrogen) atoms. The number of rotatable bonds is 0. The van der Waals surface area contributed by atoms with E-state index in [-0.39, 0.29) is 0 Å². The van der Waals surface area contributed by atoms with E-state index in [1.165, 1.54) is 0 Å². The van der Waals surface area contributed by atoms with Gasteiger partial charge in [-0.1, -0.05) is 5.92 Å². The molecule has 1 heterocycles. The van der Waals surface area contributed by atoms with Crippen LogP contribution in [0, 0.1) is 12.3 Å². The van der Waals surface area contributed by atoms with Crippen molar-refractivity contribution >= 4 is 6.21 Å². The molecule has 0 N–H and O–H groups in total. The van der Waals surface area contributed by atoms with E-state index in [0.717, 1.165) is 18.5 Å². The van der Waals surface area contributed by atoms with Gasteiger partial charge in [-0.2, -0.15) is 0 Å². The molecule has 0 amide bonds. The maximum Gasteiger partial charge on any atom is 0.164 e. The van der Waals surface area contributed by atoms with Crippen LogP contribution in [0.15, 0.2) is 11.6 Å². The van der Waals surface area contributed by atoms with Crippen LogP contribution in [0.5, 0.6) is 0 Å². The molecule has 0 saturated heterocycles. The summed E-state index contributed by atoms with van der Waals surface area (Å²) in [5.41, 5.74) is 1.10. The van der Waals surface area contributed by atoms with Crippen molar-refractivity contribution in [2.75, 3.05) is 13.6 Å². The zero-order valence-corrected chi connectivity index (χ0v) is 5.59. The van der Waals surface area contributed by atoms with Crippen molar-refractivity contribution in [1.82, 2.24) is 0 Å². The highest BCUT2D eigenvalue weighted by Gasteiger charge is 2.03. The number of allylic oxidation sites excluding steroid dienone is 1. The third-order valence-corrected chi connectivity index (χ3v) is 1.45. The maximum atomic E-state index is 5.19. The SMILES string of the molecule is C#CC1=CC=[N+](C)CC1. The molecule has 1 nitrogen and oxygen atoms in total. The van der Waals surface area contributed by atoms with Crippen LogP contribution in [0.25, 0.3) is 0 Å². The largest absolute Gasteiger partial charge is 0.238 e. The minimum Gasteiger partial charge on any atom is -0.238 e. The van der Waals surface area contributed by atoms with Gasteiger partial charge >= 0.3 is 0 Å². The molecule has 0 radical (unpaired) electrons. The van der Waals surface area contributed by atoms with Crippen molar-refractivity contribution in [3.8, 4) is 12.3 Å². The van der Waals surface area contributed by atoms with Crippen molar-refractivity contribution in [1.29, 1.82) is 0 Å². The molecule has 0 atom stereocenters. The molecule has 0 aromatic rings. The highest BCUT2D eigenvalue weighted by molar-refractivity contribution is 5.69. The van der Waals surface area contributed by atoms with Crippen LogP contribution in [0.2, 0.25) is 0 Å². The summed E-state index contributed by atoms with van der Waals surface area (Å²) in [6, 6.07) is 0. The first-order valence-electron chi connectivity index (χ1n) is 3.04. The Morgan fingerprint density at radius 2 is 2.56 bits per heavy atom. The van der Waals surface area contributed by atoms with Gasteiger partial charge in [0.2, 0.25) is 0 Å². The molecule has 1 heteroatoms. The molecular formula is C8H10N+. The fraction of sp³-hybridized carbons (Fsp3) is 0.375. The molecule has 0 saturated carbocycles. The minimum atomic E-state index is 1.02. The van der Waals surface area contributed by atoms with E-state index in [4.69, 9.17) is 6.42 Å². The van der Waals surface area contributed by atoms with Crippen molar-refractivity contribution in [2.24, 2.45) is 0 Å². The van der Waals surface area contributed by atoms with Gasteiger partial charge in [0.05, 0.1) is 0 Å². The lowest BCUT2D eigenvalue weighted by atomic mass is 10.1. The van der Waals surface area contributed by atoms with Crippen LogP contribution in [0.1, 0.15) is 6.42 Å². The van der Waals surface area contributed by atoms with Gasteiger partial charge in [-0.05, 0) is 0 Å². The average Bonchev–Trinajstić information content (AvgIpc) is 1.90. The van der Waals surface area contributed by atoms with E-state index >= 15 is 0 Å². The first-order valence-corrected chi connectivity index (χ1v) is 3.04. The predicted octanol–water partition coefficient (Wildman–Crippen LogP) is 0.663. The first kappa shape index (κ1) is 6.10. The Morgan fingerprint density at radius 1 is 1.78 bits per heavy atom. The van der Waals surface area contributed by atoms with Crippen molar-refractivity contribution < 1.29 is 4.58 Å². The molecule has 0 fully saturated rings. The van der Waals surface area contributed by atoms with Crippen LogP contribution in [0.3, 0.4) is 0 Å². The van der Waals surface area contributed by atoms with Gasteiger partial charge in [-0.15, -0.1) is 6.42 Å². The van der Waals surface area contributed by atoms with Crippen molar-refractivity contribution in [3.63, 3.8) is 0 Å². The molecule has 46 valence electrons. The van der Waals surface area contributed by atoms with Gasteiger partial charge in [-0.25, -0.2) is 4.58 Å². The molecule has 1 rings (SSSR count). The zero-order chi connectivity index (χ0) is 6.69. The third kappa shape index (κ3) is 1.43. The molecule has 1 aliphatic rings. The van der Waals surface area contributed by atoms with E-state index in [2.05, 4.69) is 10.5 Å². The number of hydrogen-bond donors (Lipinski definition) is 0. The van der Waals surface area contributed by atoms with Crippen molar-refractivity contribution in [2.45, 2.75) is 6.42 Å². The highest BCUT2D eigenvalue weighted by atomic mass is 14.9. The van der Waals surface area contributed by atoms with Crippen LogP contribution in [0.4, 0.5) is 0 Å². The van der Waals surface area contributed by atoms with E-state index in [1.807, 2.05) is 19.3 Å². The molecule has 0 aliphatic carbocycles. The standard InChI is InChI=1S/C8H10N/c1-3-8-4-6-9(2)7-5-8/h1,4,6H,5,7H2,2H3/q+1. The maximum absolute atomic E-state index is 5.19. The summed E-state index contributed by atoms with van der Waals surface area (Å²) in [5.74, 6) is 2.63. The van der Waals surface area contributed by atoms with E-state index < -0.39 is 0 Å². The Balaban J connectivity index is 2.73.